The molecule has 6 N–H and O–H groups in total. The molecule has 21 nitrogen and oxygen atoms in total. The number of morpholine rings is 4. The van der Waals surface area contributed by atoms with Gasteiger partial charge in [-0.05, 0) is 79.1 Å². The number of aldehydes is 1. The molecule has 2 aromatic carbocycles. The van der Waals surface area contributed by atoms with Crippen LogP contribution in [0.1, 0.15) is 41.7 Å². The molecule has 400 valence electrons. The Balaban J connectivity index is 0.000000194. The first-order valence-corrected chi connectivity index (χ1v) is 24.4. The molecule has 4 fully saturated rings. The fraction of sp³-hybridized carbons (Fsp3) is 0.385. The molecule has 6 aromatic rings. The largest absolute Gasteiger partial charge is 0.397 e. The molecule has 0 aliphatic carbocycles. The third-order valence-electron chi connectivity index (χ3n) is 11.6. The molecule has 0 unspecified atom stereocenters. The van der Waals surface area contributed by atoms with Gasteiger partial charge >= 0.3 is 0 Å². The van der Waals surface area contributed by atoms with Crippen molar-refractivity contribution in [2.24, 2.45) is 10.9 Å². The van der Waals surface area contributed by atoms with Gasteiger partial charge in [0.05, 0.1) is 89.0 Å². The minimum absolute atomic E-state index is 0. The Labute approximate surface area is 436 Å². The van der Waals surface area contributed by atoms with Crippen molar-refractivity contribution in [3.05, 3.63) is 132 Å². The number of nitrogens with two attached hydrogens (primary N) is 1. The number of hydrazone groups is 1. The van der Waals surface area contributed by atoms with Gasteiger partial charge in [-0.3, -0.25) is 20.2 Å². The highest BCUT2D eigenvalue weighted by molar-refractivity contribution is 5.78. The molecule has 4 aliphatic rings. The number of carbonyl (C=O) groups excluding carboxylic acids is 1. The summed E-state index contributed by atoms with van der Waals surface area (Å²) in [5, 5.41) is 15.1. The quantitative estimate of drug-likeness (QED) is 0.0411. The molecule has 0 amide bonds. The van der Waals surface area contributed by atoms with Crippen molar-refractivity contribution >= 4 is 58.8 Å². The normalized spacial score (nSPS) is 15.4. The summed E-state index contributed by atoms with van der Waals surface area (Å²) in [6, 6.07) is 24.4. The van der Waals surface area contributed by atoms with E-state index in [1.807, 2.05) is 23.1 Å². The van der Waals surface area contributed by atoms with Crippen LogP contribution in [0.2, 0.25) is 0 Å². The smallest absolute Gasteiger partial charge is 0.245 e. The lowest BCUT2D eigenvalue weighted by Crippen LogP contribution is -2.37. The van der Waals surface area contributed by atoms with E-state index in [1.165, 1.54) is 16.9 Å². The van der Waals surface area contributed by atoms with E-state index in [9.17, 15) is 13.6 Å². The molecular formula is C52H67F2N15O6. The van der Waals surface area contributed by atoms with Gasteiger partial charge in [0.1, 0.15) is 5.69 Å². The highest BCUT2D eigenvalue weighted by atomic mass is 19.1. The van der Waals surface area contributed by atoms with Crippen LogP contribution in [0.5, 0.6) is 0 Å². The number of carbonyl (C=O) groups is 1. The lowest BCUT2D eigenvalue weighted by atomic mass is 10.1. The van der Waals surface area contributed by atoms with Crippen LogP contribution in [0.25, 0.3) is 0 Å². The second-order valence-electron chi connectivity index (χ2n) is 16.7. The second-order valence-corrected chi connectivity index (χ2v) is 16.7. The first-order chi connectivity index (χ1) is 36.3. The zero-order valence-electron chi connectivity index (χ0n) is 41.4. The standard InChI is InChI=1S/C24H27FN8O2.C17H18N2O2.C8H12FN5O.C2H6O.CH4/c25-22-17-27-24(30-23(22)33-9-13-35-14-10-33)31-28-16-19-1-2-20(15-26-19)29-18-3-5-21(6-4-18)32-7-11-34-12-8-32;20-13-16-4-1-15(12-18-16)11-14-2-5-17(6-3-14)19-7-9-21-10-8-19;9-6-5-11-8(13-10)12-7(6)14-1-3-15-4-2-14;1-2-3;/h1-6,15-17,29H,7-14H2,(H,27,30,31);1-6,12-13H,7-11H2;5H,1-4,10H2,(H,11,12,13);3H,2H2,1H3;1H4/b28-16+;;;;. The Morgan fingerprint density at radius 3 is 1.49 bits per heavy atom. The lowest BCUT2D eigenvalue weighted by Gasteiger charge is -2.28. The number of nitrogens with zero attached hydrogens (tertiary/aromatic N) is 11. The van der Waals surface area contributed by atoms with Gasteiger partial charge in [-0.1, -0.05) is 25.6 Å². The third kappa shape index (κ3) is 17.8. The number of halogens is 2. The maximum absolute atomic E-state index is 14.1. The molecule has 0 radical (unpaired) electrons. The predicted molar refractivity (Wildman–Crippen MR) is 287 cm³/mol. The molecule has 10 rings (SSSR count). The Morgan fingerprint density at radius 1 is 0.587 bits per heavy atom. The summed E-state index contributed by atoms with van der Waals surface area (Å²) < 4.78 is 48.8. The first kappa shape index (κ1) is 56.8. The molecule has 75 heavy (non-hydrogen) atoms. The Morgan fingerprint density at radius 2 is 1.03 bits per heavy atom. The highest BCUT2D eigenvalue weighted by Crippen LogP contribution is 2.23. The van der Waals surface area contributed by atoms with Crippen LogP contribution < -0.4 is 41.6 Å². The van der Waals surface area contributed by atoms with E-state index in [-0.39, 0.29) is 37.6 Å². The fourth-order valence-electron chi connectivity index (χ4n) is 7.78. The van der Waals surface area contributed by atoms with E-state index >= 15 is 0 Å². The van der Waals surface area contributed by atoms with Crippen LogP contribution >= 0.6 is 0 Å². The van der Waals surface area contributed by atoms with Crippen LogP contribution in [-0.2, 0) is 25.4 Å². The number of nitrogen functional groups attached to an aromatic ring is 1. The molecular weight excluding hydrogens is 969 g/mol. The van der Waals surface area contributed by atoms with Crippen LogP contribution in [-0.4, -0.2) is 159 Å². The number of rotatable bonds is 13. The van der Waals surface area contributed by atoms with Gasteiger partial charge in [-0.15, -0.1) is 0 Å². The van der Waals surface area contributed by atoms with Gasteiger partial charge in [0, 0.05) is 82.2 Å². The number of aliphatic hydroxyl groups excluding tert-OH is 1. The van der Waals surface area contributed by atoms with E-state index in [4.69, 9.17) is 29.9 Å². The number of aromatic nitrogens is 6. The number of hydrogen-bond acceptors (Lipinski definition) is 21. The topological polar surface area (TPSA) is 239 Å². The van der Waals surface area contributed by atoms with Crippen LogP contribution in [0.3, 0.4) is 0 Å². The highest BCUT2D eigenvalue weighted by Gasteiger charge is 2.19. The predicted octanol–water partition coefficient (Wildman–Crippen LogP) is 5.57. The first-order valence-electron chi connectivity index (χ1n) is 24.4. The Hall–Kier alpha value is -7.54. The van der Waals surface area contributed by atoms with E-state index < -0.39 is 11.6 Å². The summed E-state index contributed by atoms with van der Waals surface area (Å²) in [6.07, 6.45) is 8.90. The molecule has 4 saturated heterocycles. The average molecular weight is 1040 g/mol. The van der Waals surface area contributed by atoms with Gasteiger partial charge in [-0.25, -0.2) is 30.0 Å². The van der Waals surface area contributed by atoms with Crippen LogP contribution in [0, 0.1) is 11.6 Å². The molecule has 0 bridgehead atoms. The number of aliphatic hydroxyl groups is 1. The molecule has 0 saturated carbocycles. The summed E-state index contributed by atoms with van der Waals surface area (Å²) in [5.41, 5.74) is 12.8. The van der Waals surface area contributed by atoms with Crippen LogP contribution in [0.4, 0.5) is 55.1 Å². The lowest BCUT2D eigenvalue weighted by molar-refractivity contribution is 0.111. The Bertz CT molecular complexity index is 2620. The van der Waals surface area contributed by atoms with Crippen molar-refractivity contribution in [2.75, 3.05) is 148 Å². The molecule has 0 spiro atoms. The third-order valence-corrected chi connectivity index (χ3v) is 11.6. The zero-order valence-corrected chi connectivity index (χ0v) is 41.4. The van der Waals surface area contributed by atoms with Gasteiger partial charge in [-0.2, -0.15) is 15.1 Å². The molecule has 8 heterocycles. The fourth-order valence-corrected chi connectivity index (χ4v) is 7.78. The molecule has 0 atom stereocenters. The summed E-state index contributed by atoms with van der Waals surface area (Å²) in [4.78, 5) is 43.2. The average Bonchev–Trinajstić information content (AvgIpc) is 3.46. The maximum atomic E-state index is 14.1. The van der Waals surface area contributed by atoms with Crippen molar-refractivity contribution in [2.45, 2.75) is 20.8 Å². The number of anilines is 8. The number of hydrazine groups is 1. The Kier molecular flexibility index (Phi) is 23.2. The number of benzene rings is 2. The summed E-state index contributed by atoms with van der Waals surface area (Å²) in [5.74, 6) is 5.16. The van der Waals surface area contributed by atoms with Gasteiger partial charge in [0.2, 0.25) is 11.9 Å². The van der Waals surface area contributed by atoms with Crippen molar-refractivity contribution in [3.63, 3.8) is 0 Å². The molecule has 4 aromatic heterocycles. The van der Waals surface area contributed by atoms with Crippen molar-refractivity contribution in [1.29, 1.82) is 0 Å². The number of pyridine rings is 2. The number of nitrogens with one attached hydrogen (secondary N) is 3. The van der Waals surface area contributed by atoms with E-state index in [2.05, 4.69) is 110 Å². The maximum Gasteiger partial charge on any atom is 0.245 e. The minimum Gasteiger partial charge on any atom is -0.397 e. The minimum atomic E-state index is -0.470. The number of ether oxygens (including phenoxy) is 4. The van der Waals surface area contributed by atoms with Crippen LogP contribution in [0.15, 0.2) is 103 Å². The van der Waals surface area contributed by atoms with Gasteiger partial charge < -0.3 is 49.0 Å². The summed E-state index contributed by atoms with van der Waals surface area (Å²) in [6.45, 7) is 13.5. The SMILES string of the molecule is C.CCO.Fc1cnc(N/N=C/c2ccc(Nc3ccc(N4CCOCC4)cc3)cn2)nc1N1CCOCC1.NNc1ncc(F)c(N2CCOCC2)n1.O=Cc1ccc(Cc2ccc(N3CCOCC3)cc2)cn1. The zero-order chi connectivity index (χ0) is 51.7. The van der Waals surface area contributed by atoms with E-state index in [0.29, 0.717) is 64.0 Å². The van der Waals surface area contributed by atoms with Crippen molar-refractivity contribution < 1.29 is 37.6 Å². The van der Waals surface area contributed by atoms with Crippen molar-refractivity contribution in [3.8, 4) is 0 Å². The molecule has 4 aliphatic heterocycles. The monoisotopic (exact) mass is 1040 g/mol. The van der Waals surface area contributed by atoms with Gasteiger partial charge in [0.15, 0.2) is 29.6 Å². The van der Waals surface area contributed by atoms with Crippen molar-refractivity contribution in [1.82, 2.24) is 29.9 Å². The summed E-state index contributed by atoms with van der Waals surface area (Å²) >= 11 is 0. The molecule has 23 heteroatoms. The van der Waals surface area contributed by atoms with E-state index in [0.717, 1.165) is 94.6 Å². The second kappa shape index (κ2) is 30.6. The number of hydrogen-bond donors (Lipinski definition) is 5. The van der Waals surface area contributed by atoms with Gasteiger partial charge in [0.25, 0.3) is 0 Å². The van der Waals surface area contributed by atoms with E-state index in [1.54, 1.807) is 36.5 Å². The summed E-state index contributed by atoms with van der Waals surface area (Å²) in [7, 11) is 0.